The van der Waals surface area contributed by atoms with Gasteiger partial charge in [0.15, 0.2) is 6.19 Å². The molecule has 0 saturated carbocycles. The predicted molar refractivity (Wildman–Crippen MR) is 152 cm³/mol. The number of hydrogen-bond acceptors (Lipinski definition) is 7. The van der Waals surface area contributed by atoms with E-state index >= 15 is 0 Å². The summed E-state index contributed by atoms with van der Waals surface area (Å²) in [5.41, 5.74) is 0.00445. The lowest BCUT2D eigenvalue weighted by atomic mass is 9.87. The Morgan fingerprint density at radius 1 is 1.23 bits per heavy atom. The normalized spacial score (nSPS) is 23.8. The molecule has 0 spiro atoms. The zero-order valence-corrected chi connectivity index (χ0v) is 24.6. The van der Waals surface area contributed by atoms with Gasteiger partial charge >= 0.3 is 10.2 Å². The summed E-state index contributed by atoms with van der Waals surface area (Å²) in [6.45, 7) is 4.04. The van der Waals surface area contributed by atoms with Crippen molar-refractivity contribution in [3.8, 4) is 6.19 Å². The molecule has 5 atom stereocenters. The van der Waals surface area contributed by atoms with Crippen molar-refractivity contribution in [3.63, 3.8) is 0 Å². The molecular formula is C28H35F5N6O3S. The minimum absolute atomic E-state index is 0.0655. The first kappa shape index (κ1) is 32.4. The fraction of sp³-hybridized carbons (Fsp3) is 0.500. The number of anilines is 1. The second-order valence-corrected chi connectivity index (χ2v) is 13.5. The van der Waals surface area contributed by atoms with Gasteiger partial charge < -0.3 is 15.4 Å². The third-order valence-electron chi connectivity index (χ3n) is 8.05. The van der Waals surface area contributed by atoms with Crippen LogP contribution in [0, 0.1) is 23.3 Å². The van der Waals surface area contributed by atoms with Crippen LogP contribution < -0.4 is 15.5 Å². The summed E-state index contributed by atoms with van der Waals surface area (Å²) in [6, 6.07) is 2.36. The Morgan fingerprint density at radius 2 is 1.95 bits per heavy atom. The maximum Gasteiger partial charge on any atom is 0.310 e. The summed E-state index contributed by atoms with van der Waals surface area (Å²) < 4.78 is 73.0. The number of rotatable bonds is 10. The lowest BCUT2D eigenvalue weighted by molar-refractivity contribution is -0.128. The van der Waals surface area contributed by atoms with E-state index in [2.05, 4.69) is 15.6 Å². The summed E-state index contributed by atoms with van der Waals surface area (Å²) in [7, 11) is -8.60. The minimum atomic E-state index is -10.0. The Kier molecular flexibility index (Phi) is 8.97. The summed E-state index contributed by atoms with van der Waals surface area (Å²) in [6.07, 6.45) is 6.27. The van der Waals surface area contributed by atoms with Crippen molar-refractivity contribution in [2.45, 2.75) is 49.3 Å². The second kappa shape index (κ2) is 11.9. The zero-order chi connectivity index (χ0) is 31.5. The number of halogens is 5. The van der Waals surface area contributed by atoms with Gasteiger partial charge in [0.2, 0.25) is 5.91 Å². The number of amides is 2. The fourth-order valence-electron chi connectivity index (χ4n) is 5.59. The van der Waals surface area contributed by atoms with Gasteiger partial charge in [0.05, 0.1) is 12.6 Å². The van der Waals surface area contributed by atoms with Crippen LogP contribution in [0.25, 0.3) is 0 Å². The van der Waals surface area contributed by atoms with Crippen molar-refractivity contribution in [2.24, 2.45) is 11.8 Å². The highest BCUT2D eigenvalue weighted by Gasteiger charge is 2.65. The number of nitrogens with zero attached hydrogens (tertiary/aromatic N) is 4. The Hall–Kier alpha value is -3.48. The molecule has 2 N–H and O–H groups in total. The molecule has 3 heterocycles. The first-order valence-corrected chi connectivity index (χ1v) is 15.8. The fourth-order valence-corrected chi connectivity index (χ4v) is 6.24. The molecule has 43 heavy (non-hydrogen) atoms. The number of piperidine rings is 1. The monoisotopic (exact) mass is 630 g/mol. The summed E-state index contributed by atoms with van der Waals surface area (Å²) >= 11 is 0. The number of carbonyl (C=O) groups is 2. The highest BCUT2D eigenvalue weighted by atomic mass is 32.5. The van der Waals surface area contributed by atoms with Crippen LogP contribution >= 0.6 is 10.2 Å². The van der Waals surface area contributed by atoms with Crippen LogP contribution in [0.15, 0.2) is 53.7 Å². The Bertz CT molecular complexity index is 1340. The average Bonchev–Trinajstić information content (AvgIpc) is 3.42. The molecule has 1 aromatic carbocycles. The van der Waals surface area contributed by atoms with Gasteiger partial charge in [-0.25, -0.2) is 0 Å². The third kappa shape index (κ3) is 7.73. The van der Waals surface area contributed by atoms with Crippen molar-refractivity contribution in [1.82, 2.24) is 20.5 Å². The highest BCUT2D eigenvalue weighted by molar-refractivity contribution is 8.45. The minimum Gasteiger partial charge on any atom is -0.379 e. The lowest BCUT2D eigenvalue weighted by Gasteiger charge is -2.41. The second-order valence-electron chi connectivity index (χ2n) is 11.1. The number of aromatic nitrogens is 1. The van der Waals surface area contributed by atoms with Gasteiger partial charge in [-0.3, -0.25) is 24.4 Å². The number of methoxy groups -OCH3 is 1. The summed E-state index contributed by atoms with van der Waals surface area (Å²) in [5, 5.41) is 15.9. The van der Waals surface area contributed by atoms with E-state index in [1.807, 2.05) is 13.1 Å². The van der Waals surface area contributed by atoms with Gasteiger partial charge in [-0.1, -0.05) is 32.4 Å². The quantitative estimate of drug-likeness (QED) is 0.277. The molecule has 15 heteroatoms. The van der Waals surface area contributed by atoms with Crippen LogP contribution in [-0.2, 0) is 14.3 Å². The van der Waals surface area contributed by atoms with Crippen molar-refractivity contribution >= 4 is 27.7 Å². The summed E-state index contributed by atoms with van der Waals surface area (Å²) in [5.74, 6) is -1.05. The van der Waals surface area contributed by atoms with Crippen LogP contribution in [0.3, 0.4) is 0 Å². The molecule has 0 aliphatic carbocycles. The van der Waals surface area contributed by atoms with E-state index in [1.165, 1.54) is 36.5 Å². The molecule has 0 bridgehead atoms. The molecule has 3 unspecified atom stereocenters. The topological polar surface area (TPSA) is 111 Å². The molecule has 2 aliphatic heterocycles. The van der Waals surface area contributed by atoms with Crippen LogP contribution in [0.1, 0.15) is 37.8 Å². The highest BCUT2D eigenvalue weighted by Crippen LogP contribution is 3.02. The number of likely N-dealkylation sites (tertiary alicyclic amines) is 1. The lowest BCUT2D eigenvalue weighted by Crippen LogP contribution is -2.51. The van der Waals surface area contributed by atoms with E-state index in [1.54, 1.807) is 0 Å². The van der Waals surface area contributed by atoms with Crippen LogP contribution in [0.5, 0.6) is 0 Å². The molecule has 2 saturated heterocycles. The number of benzene rings is 1. The van der Waals surface area contributed by atoms with E-state index in [0.29, 0.717) is 5.92 Å². The van der Waals surface area contributed by atoms with Gasteiger partial charge in [0.1, 0.15) is 17.0 Å². The molecule has 9 nitrogen and oxygen atoms in total. The van der Waals surface area contributed by atoms with E-state index in [9.17, 15) is 34.3 Å². The largest absolute Gasteiger partial charge is 0.379 e. The number of hydrogen-bond donors (Lipinski definition) is 2. The van der Waals surface area contributed by atoms with Crippen LogP contribution in [0.4, 0.5) is 25.1 Å². The van der Waals surface area contributed by atoms with E-state index in [0.717, 1.165) is 43.0 Å². The molecule has 4 rings (SSSR count). The first-order valence-electron chi connectivity index (χ1n) is 13.9. The van der Waals surface area contributed by atoms with Gasteiger partial charge in [-0.15, -0.1) is 0 Å². The molecule has 1 aromatic heterocycles. The molecule has 2 aromatic rings. The van der Waals surface area contributed by atoms with Gasteiger partial charge in [-0.05, 0) is 68.1 Å². The summed E-state index contributed by atoms with van der Waals surface area (Å²) in [4.78, 5) is 32.2. The Balaban J connectivity index is 1.75. The predicted octanol–water partition coefficient (Wildman–Crippen LogP) is 5.14. The van der Waals surface area contributed by atoms with E-state index in [-0.39, 0.29) is 48.8 Å². The number of ether oxygens (including phenoxy) is 1. The molecule has 0 radical (unpaired) electrons. The molecule has 2 fully saturated rings. The van der Waals surface area contributed by atoms with Crippen molar-refractivity contribution in [2.75, 3.05) is 38.2 Å². The van der Waals surface area contributed by atoms with E-state index < -0.39 is 45.1 Å². The average molecular weight is 631 g/mol. The third-order valence-corrected chi connectivity index (χ3v) is 9.22. The van der Waals surface area contributed by atoms with Gasteiger partial charge in [0, 0.05) is 43.7 Å². The Morgan fingerprint density at radius 3 is 2.51 bits per heavy atom. The van der Waals surface area contributed by atoms with E-state index in [4.69, 9.17) is 4.74 Å². The number of nitrogens with one attached hydrogen (secondary N) is 2. The number of nitriles is 1. The van der Waals surface area contributed by atoms with Gasteiger partial charge in [0.25, 0.3) is 5.91 Å². The van der Waals surface area contributed by atoms with Crippen LogP contribution in [-0.4, -0.2) is 67.1 Å². The van der Waals surface area contributed by atoms with Crippen molar-refractivity contribution < 1.29 is 33.8 Å². The molecule has 2 amide bonds. The molecular weight excluding hydrogens is 595 g/mol. The smallest absolute Gasteiger partial charge is 0.310 e. The SMILES string of the molecule is CO[C@@H]1C[C@H](C(=O)N(c2ccc(S(F)(F)(F)(F)F)cc2)C(C(=O)NCC(C)C2CCCNC2)c2cccnc2)N(C#N)C1. The molecule has 2 aliphatic rings. The maximum absolute atomic E-state index is 14.2. The zero-order valence-electron chi connectivity index (χ0n) is 23.8. The first-order chi connectivity index (χ1) is 20.1. The van der Waals surface area contributed by atoms with Crippen LogP contribution in [0.2, 0.25) is 0 Å². The standard InChI is InChI=1S/C28H35F5N6O3S/c1-19(20-5-3-11-35-15-20)14-37-27(40)26(21-6-4-12-36-16-21)39(28(41)25-13-23(42-2)17-38(25)18-34)22-7-9-24(10-8-22)43(29,30,31,32)33/h4,6-10,12,16,19-20,23,25-26,35H,3,5,11,13-15,17H2,1-2H3,(H,37,40)/t19?,20?,23-,25-,26?/m1/s1. The maximum atomic E-state index is 14.2. The van der Waals surface area contributed by atoms with Crippen molar-refractivity contribution in [3.05, 3.63) is 54.4 Å². The number of pyridine rings is 1. The number of carbonyl (C=O) groups excluding carboxylic acids is 2. The Labute approximate surface area is 247 Å². The van der Waals surface area contributed by atoms with Gasteiger partial charge in [-0.2, -0.15) is 5.26 Å². The van der Waals surface area contributed by atoms with Crippen molar-refractivity contribution in [1.29, 1.82) is 5.26 Å². The molecule has 236 valence electrons.